The second-order valence-corrected chi connectivity index (χ2v) is 6.12. The minimum atomic E-state index is 0. The largest absolute Gasteiger partial charge is 1.00 e. The molecular weight excluding hydrogens is 500 g/mol. The predicted octanol–water partition coefficient (Wildman–Crippen LogP) is -0.638. The minimum Gasteiger partial charge on any atom is -1.00 e. The predicted molar refractivity (Wildman–Crippen MR) is 118 cm³/mol. The summed E-state index contributed by atoms with van der Waals surface area (Å²) in [6, 6.07) is 14.1. The molecule has 7 nitrogen and oxygen atoms in total. The van der Waals surface area contributed by atoms with E-state index >= 15 is 0 Å². The number of hydrogen-bond acceptors (Lipinski definition) is 3. The molecule has 1 aromatic carbocycles. The van der Waals surface area contributed by atoms with E-state index in [1.54, 1.807) is 20.3 Å². The number of aliphatic imine (C=N–C) groups is 1. The van der Waals surface area contributed by atoms with Crippen LogP contribution in [0.4, 0.5) is 0 Å². The van der Waals surface area contributed by atoms with Crippen molar-refractivity contribution in [1.82, 2.24) is 15.3 Å². The molecule has 0 aliphatic rings. The Balaban J connectivity index is 0.00000210. The fraction of sp³-hybridized carbons (Fsp3) is 0.250. The van der Waals surface area contributed by atoms with Gasteiger partial charge < -0.3 is 27.0 Å². The molecular formula is C20H26Br2N6O. The Labute approximate surface area is 192 Å². The number of nitrogens with zero attached hydrogens (tertiary/aromatic N) is 4. The van der Waals surface area contributed by atoms with Gasteiger partial charge in [-0.25, -0.2) is 9.99 Å². The highest BCUT2D eigenvalue weighted by Crippen LogP contribution is 2.14. The van der Waals surface area contributed by atoms with E-state index in [0.717, 1.165) is 22.7 Å². The molecule has 2 heterocycles. The second kappa shape index (κ2) is 11.6. The Morgan fingerprint density at radius 2 is 1.93 bits per heavy atom. The van der Waals surface area contributed by atoms with Gasteiger partial charge in [-0.15, -0.1) is 17.0 Å². The Hall–Kier alpha value is -2.39. The summed E-state index contributed by atoms with van der Waals surface area (Å²) in [4.78, 5) is 3.99. The first-order valence-electron chi connectivity index (χ1n) is 8.74. The number of rotatable bonds is 5. The van der Waals surface area contributed by atoms with Crippen LogP contribution in [0.2, 0.25) is 0 Å². The number of benzene rings is 1. The van der Waals surface area contributed by atoms with E-state index in [4.69, 9.17) is 4.74 Å². The van der Waals surface area contributed by atoms with Crippen molar-refractivity contribution in [3.05, 3.63) is 65.6 Å². The van der Waals surface area contributed by atoms with Crippen LogP contribution in [0.5, 0.6) is 5.75 Å². The molecule has 156 valence electrons. The fourth-order valence-corrected chi connectivity index (χ4v) is 2.77. The van der Waals surface area contributed by atoms with E-state index in [0.29, 0.717) is 12.6 Å². The minimum absolute atomic E-state index is 0. The highest BCUT2D eigenvalue weighted by Gasteiger charge is 2.15. The highest BCUT2D eigenvalue weighted by molar-refractivity contribution is 8.93. The molecule has 0 unspecified atom stereocenters. The molecule has 2 N–H and O–H groups in total. The summed E-state index contributed by atoms with van der Waals surface area (Å²) >= 11 is 0. The van der Waals surface area contributed by atoms with E-state index in [9.17, 15) is 0 Å². The van der Waals surface area contributed by atoms with Crippen molar-refractivity contribution < 1.29 is 26.1 Å². The highest BCUT2D eigenvalue weighted by atomic mass is 79.9. The van der Waals surface area contributed by atoms with Gasteiger partial charge in [0.2, 0.25) is 5.96 Å². The number of aryl methyl sites for hydroxylation is 2. The zero-order valence-electron chi connectivity index (χ0n) is 16.9. The summed E-state index contributed by atoms with van der Waals surface area (Å²) in [5, 5.41) is 7.03. The van der Waals surface area contributed by atoms with Crippen LogP contribution >= 0.6 is 17.0 Å². The van der Waals surface area contributed by atoms with Gasteiger partial charge in [-0.05, 0) is 42.8 Å². The van der Waals surface area contributed by atoms with Crippen LogP contribution in [-0.4, -0.2) is 30.8 Å². The average Bonchev–Trinajstić information content (AvgIpc) is 3.02. The van der Waals surface area contributed by atoms with E-state index in [1.165, 1.54) is 5.69 Å². The number of fused-ring (bicyclic) bond motifs is 1. The number of nitrogens with one attached hydrogen (secondary N) is 2. The van der Waals surface area contributed by atoms with Gasteiger partial charge in [0, 0.05) is 20.2 Å². The molecule has 3 rings (SSSR count). The number of ether oxygens (including phenoxy) is 1. The summed E-state index contributed by atoms with van der Waals surface area (Å²) in [6.07, 6.45) is 3.85. The molecule has 3 aromatic rings. The van der Waals surface area contributed by atoms with Gasteiger partial charge in [-0.2, -0.15) is 9.50 Å². The molecule has 0 saturated heterocycles. The number of pyridine rings is 1. The zero-order chi connectivity index (χ0) is 19.2. The van der Waals surface area contributed by atoms with Crippen LogP contribution in [-0.2, 0) is 13.7 Å². The van der Waals surface area contributed by atoms with Crippen LogP contribution < -0.4 is 36.9 Å². The second-order valence-electron chi connectivity index (χ2n) is 6.12. The van der Waals surface area contributed by atoms with E-state index in [-0.39, 0.29) is 34.0 Å². The van der Waals surface area contributed by atoms with Gasteiger partial charge in [0.1, 0.15) is 17.6 Å². The first-order chi connectivity index (χ1) is 13.1. The molecule has 0 aliphatic heterocycles. The van der Waals surface area contributed by atoms with Gasteiger partial charge >= 0.3 is 0 Å². The summed E-state index contributed by atoms with van der Waals surface area (Å²) in [6.45, 7) is 2.60. The summed E-state index contributed by atoms with van der Waals surface area (Å²) in [7, 11) is 5.53. The number of hydrogen-bond donors (Lipinski definition) is 2. The standard InChI is InChI=1S/C20H25N6O.2BrH/c1-15-6-5-7-19-25(4)17(13-26(15)19)14-27-18-10-8-16(9-11-18)12-23-24-20(21-2)22-3;;/h5-13H,14H2,1-4H3,(H2,21,22,24);2*1H/q+1;;/p-1/b23-12+;;. The fourth-order valence-electron chi connectivity index (χ4n) is 2.77. The first-order valence-corrected chi connectivity index (χ1v) is 8.74. The van der Waals surface area contributed by atoms with E-state index in [1.807, 2.05) is 24.3 Å². The third-order valence-electron chi connectivity index (χ3n) is 4.37. The molecule has 9 heteroatoms. The maximum absolute atomic E-state index is 5.95. The summed E-state index contributed by atoms with van der Waals surface area (Å²) in [5.74, 6) is 1.42. The smallest absolute Gasteiger partial charge is 0.286 e. The monoisotopic (exact) mass is 524 g/mol. The van der Waals surface area contributed by atoms with Crippen molar-refractivity contribution in [3.63, 3.8) is 0 Å². The number of aromatic nitrogens is 2. The van der Waals surface area contributed by atoms with Crippen LogP contribution in [0.25, 0.3) is 5.65 Å². The maximum Gasteiger partial charge on any atom is 0.286 e. The lowest BCUT2D eigenvalue weighted by Gasteiger charge is -2.05. The van der Waals surface area contributed by atoms with Crippen molar-refractivity contribution in [2.24, 2.45) is 17.1 Å². The lowest BCUT2D eigenvalue weighted by Crippen LogP contribution is -3.00. The lowest BCUT2D eigenvalue weighted by molar-refractivity contribution is -0.518. The number of imidazole rings is 1. The van der Waals surface area contributed by atoms with Crippen molar-refractivity contribution in [1.29, 1.82) is 0 Å². The average molecular weight is 526 g/mol. The molecule has 2 aromatic heterocycles. The molecule has 0 fully saturated rings. The van der Waals surface area contributed by atoms with Crippen molar-refractivity contribution in [2.45, 2.75) is 13.5 Å². The van der Waals surface area contributed by atoms with Crippen molar-refractivity contribution in [2.75, 3.05) is 14.1 Å². The van der Waals surface area contributed by atoms with Gasteiger partial charge in [-0.1, -0.05) is 6.07 Å². The molecule has 0 radical (unpaired) electrons. The summed E-state index contributed by atoms with van der Waals surface area (Å²) < 4.78 is 10.3. The van der Waals surface area contributed by atoms with Gasteiger partial charge in [0.05, 0.1) is 13.3 Å². The maximum atomic E-state index is 5.95. The molecule has 0 spiro atoms. The Kier molecular flexibility index (Phi) is 9.84. The van der Waals surface area contributed by atoms with E-state index < -0.39 is 0 Å². The Bertz CT molecular complexity index is 983. The van der Waals surface area contributed by atoms with Gasteiger partial charge in [0.25, 0.3) is 5.65 Å². The zero-order valence-corrected chi connectivity index (χ0v) is 20.2. The van der Waals surface area contributed by atoms with Gasteiger partial charge in [0.15, 0.2) is 12.3 Å². The van der Waals surface area contributed by atoms with Crippen LogP contribution in [0.1, 0.15) is 17.0 Å². The van der Waals surface area contributed by atoms with E-state index in [2.05, 4.69) is 68.2 Å². The molecule has 0 atom stereocenters. The lowest BCUT2D eigenvalue weighted by atomic mass is 10.2. The van der Waals surface area contributed by atoms with Crippen molar-refractivity contribution >= 4 is 34.8 Å². The quantitative estimate of drug-likeness (QED) is 0.201. The molecule has 29 heavy (non-hydrogen) atoms. The third-order valence-corrected chi connectivity index (χ3v) is 4.37. The normalized spacial score (nSPS) is 11.1. The Morgan fingerprint density at radius 3 is 2.55 bits per heavy atom. The topological polar surface area (TPSA) is 67.0 Å². The SMILES string of the molecule is Br.CN=C(NC)N/N=C/c1ccc(OCc2c[n+]3c(C)cccc3n2C)cc1.[Br-]. The van der Waals surface area contributed by atoms with Crippen molar-refractivity contribution in [3.8, 4) is 5.75 Å². The number of hydrazone groups is 1. The molecule has 0 bridgehead atoms. The van der Waals surface area contributed by atoms with Crippen LogP contribution in [0.15, 0.2) is 58.8 Å². The third kappa shape index (κ3) is 6.04. The van der Waals surface area contributed by atoms with Crippen LogP contribution in [0.3, 0.4) is 0 Å². The molecule has 0 saturated carbocycles. The first kappa shape index (κ1) is 24.6. The Morgan fingerprint density at radius 1 is 1.21 bits per heavy atom. The summed E-state index contributed by atoms with van der Waals surface area (Å²) in [5.41, 5.74) is 7.24. The van der Waals surface area contributed by atoms with Gasteiger partial charge in [-0.3, -0.25) is 4.99 Å². The number of guanidine groups is 1. The molecule has 0 amide bonds. The number of halogens is 2. The van der Waals surface area contributed by atoms with Crippen LogP contribution in [0, 0.1) is 6.92 Å². The molecule has 0 aliphatic carbocycles.